The van der Waals surface area contributed by atoms with Crippen molar-refractivity contribution < 1.29 is 13.9 Å². The number of rotatable bonds is 2. The molecular formula is C19H17FN2O2. The number of aryl methyl sites for hydroxylation is 1. The Labute approximate surface area is 139 Å². The molecule has 0 saturated heterocycles. The molecular weight excluding hydrogens is 307 g/mol. The summed E-state index contributed by atoms with van der Waals surface area (Å²) in [5.41, 5.74) is 3.41. The van der Waals surface area contributed by atoms with Crippen LogP contribution in [-0.4, -0.2) is 29.8 Å². The van der Waals surface area contributed by atoms with Crippen molar-refractivity contribution in [3.05, 3.63) is 65.0 Å². The maximum absolute atomic E-state index is 13.3. The molecule has 2 aliphatic heterocycles. The van der Waals surface area contributed by atoms with E-state index in [9.17, 15) is 9.18 Å². The van der Waals surface area contributed by atoms with Crippen molar-refractivity contribution in [3.8, 4) is 5.75 Å². The minimum absolute atomic E-state index is 0.272. The molecule has 2 aliphatic rings. The third-order valence-corrected chi connectivity index (χ3v) is 4.35. The third kappa shape index (κ3) is 2.77. The molecule has 1 amide bonds. The number of fused-ring (bicyclic) bond motifs is 1. The van der Waals surface area contributed by atoms with Gasteiger partial charge in [-0.2, -0.15) is 5.10 Å². The first-order valence-electron chi connectivity index (χ1n) is 8.12. The molecule has 24 heavy (non-hydrogen) atoms. The van der Waals surface area contributed by atoms with Crippen LogP contribution < -0.4 is 4.74 Å². The van der Waals surface area contributed by atoms with Crippen molar-refractivity contribution in [1.29, 1.82) is 0 Å². The fraction of sp³-hybridized carbons (Fsp3) is 0.263. The summed E-state index contributed by atoms with van der Waals surface area (Å²) in [4.78, 5) is 12.4. The number of amides is 1. The van der Waals surface area contributed by atoms with Gasteiger partial charge in [0.1, 0.15) is 11.6 Å². The normalized spacial score (nSPS) is 16.4. The molecule has 0 saturated carbocycles. The molecule has 5 heteroatoms. The van der Waals surface area contributed by atoms with E-state index in [-0.39, 0.29) is 5.91 Å². The Bertz CT molecular complexity index is 832. The van der Waals surface area contributed by atoms with Gasteiger partial charge in [-0.25, -0.2) is 9.40 Å². The van der Waals surface area contributed by atoms with Gasteiger partial charge in [-0.15, -0.1) is 0 Å². The van der Waals surface area contributed by atoms with Gasteiger partial charge in [-0.3, -0.25) is 4.79 Å². The molecule has 122 valence electrons. The highest BCUT2D eigenvalue weighted by Crippen LogP contribution is 2.27. The van der Waals surface area contributed by atoms with Gasteiger partial charge in [0.15, 0.2) is 0 Å². The summed E-state index contributed by atoms with van der Waals surface area (Å²) < 4.78 is 18.9. The summed E-state index contributed by atoms with van der Waals surface area (Å²) in [6, 6.07) is 11.8. The lowest BCUT2D eigenvalue weighted by Gasteiger charge is -2.17. The van der Waals surface area contributed by atoms with E-state index in [1.807, 2.05) is 12.1 Å². The first-order valence-corrected chi connectivity index (χ1v) is 8.12. The van der Waals surface area contributed by atoms with Crippen molar-refractivity contribution in [2.75, 3.05) is 13.2 Å². The van der Waals surface area contributed by atoms with Crippen LogP contribution in [0.2, 0.25) is 0 Å². The Morgan fingerprint density at radius 1 is 1.17 bits per heavy atom. The van der Waals surface area contributed by atoms with E-state index >= 15 is 0 Å². The summed E-state index contributed by atoms with van der Waals surface area (Å²) in [6.45, 7) is 1.28. The molecule has 0 aliphatic carbocycles. The van der Waals surface area contributed by atoms with Gasteiger partial charge in [0.25, 0.3) is 5.91 Å². The molecule has 2 aromatic rings. The molecule has 0 bridgehead atoms. The van der Waals surface area contributed by atoms with E-state index in [0.29, 0.717) is 18.5 Å². The van der Waals surface area contributed by atoms with E-state index in [4.69, 9.17) is 4.74 Å². The van der Waals surface area contributed by atoms with Gasteiger partial charge in [0.05, 0.1) is 18.9 Å². The average Bonchev–Trinajstić information content (AvgIpc) is 3.11. The van der Waals surface area contributed by atoms with Gasteiger partial charge in [0.2, 0.25) is 0 Å². The van der Waals surface area contributed by atoms with E-state index < -0.39 is 5.82 Å². The minimum Gasteiger partial charge on any atom is -0.493 e. The quantitative estimate of drug-likeness (QED) is 0.849. The standard InChI is InChI=1S/C19H17FN2O2/c20-16-5-1-3-15(12-16)19(23)22-9-8-17(21-22)13-6-7-18-14(11-13)4-2-10-24-18/h1,3,5-7,11-12H,2,4,8-10H2. The Kier molecular flexibility index (Phi) is 3.76. The zero-order valence-corrected chi connectivity index (χ0v) is 13.2. The minimum atomic E-state index is -0.418. The summed E-state index contributed by atoms with van der Waals surface area (Å²) in [5.74, 6) is 0.251. The number of carbonyl (C=O) groups excluding carboxylic acids is 1. The van der Waals surface area contributed by atoms with Crippen molar-refractivity contribution in [1.82, 2.24) is 5.01 Å². The first-order chi connectivity index (χ1) is 11.7. The summed E-state index contributed by atoms with van der Waals surface area (Å²) >= 11 is 0. The van der Waals surface area contributed by atoms with Crippen LogP contribution in [0.1, 0.15) is 34.3 Å². The number of carbonyl (C=O) groups is 1. The zero-order valence-electron chi connectivity index (χ0n) is 13.2. The number of nitrogens with zero attached hydrogens (tertiary/aromatic N) is 2. The fourth-order valence-electron chi connectivity index (χ4n) is 3.12. The highest BCUT2D eigenvalue weighted by molar-refractivity contribution is 6.04. The van der Waals surface area contributed by atoms with E-state index in [2.05, 4.69) is 11.2 Å². The highest BCUT2D eigenvalue weighted by atomic mass is 19.1. The van der Waals surface area contributed by atoms with E-state index in [0.717, 1.165) is 36.5 Å². The molecule has 4 rings (SSSR count). The van der Waals surface area contributed by atoms with Gasteiger partial charge < -0.3 is 4.74 Å². The van der Waals surface area contributed by atoms with Crippen molar-refractivity contribution in [2.24, 2.45) is 5.10 Å². The Hall–Kier alpha value is -2.69. The maximum Gasteiger partial charge on any atom is 0.274 e. The van der Waals surface area contributed by atoms with Crippen LogP contribution >= 0.6 is 0 Å². The topological polar surface area (TPSA) is 41.9 Å². The van der Waals surface area contributed by atoms with Crippen LogP contribution in [0.5, 0.6) is 5.75 Å². The van der Waals surface area contributed by atoms with E-state index in [1.54, 1.807) is 6.07 Å². The van der Waals surface area contributed by atoms with Crippen LogP contribution in [0, 0.1) is 5.82 Å². The summed E-state index contributed by atoms with van der Waals surface area (Å²) in [6.07, 6.45) is 2.72. The molecule has 0 spiro atoms. The molecule has 0 N–H and O–H groups in total. The van der Waals surface area contributed by atoms with Gasteiger partial charge in [-0.1, -0.05) is 6.07 Å². The zero-order chi connectivity index (χ0) is 16.5. The molecule has 0 atom stereocenters. The monoisotopic (exact) mass is 324 g/mol. The van der Waals surface area contributed by atoms with Gasteiger partial charge in [0, 0.05) is 12.0 Å². The molecule has 0 unspecified atom stereocenters. The highest BCUT2D eigenvalue weighted by Gasteiger charge is 2.23. The Morgan fingerprint density at radius 2 is 2.08 bits per heavy atom. The number of hydrazone groups is 1. The van der Waals surface area contributed by atoms with E-state index in [1.165, 1.54) is 28.8 Å². The lowest BCUT2D eigenvalue weighted by molar-refractivity contribution is 0.0778. The Morgan fingerprint density at radius 3 is 2.96 bits per heavy atom. The smallest absolute Gasteiger partial charge is 0.274 e. The molecule has 2 heterocycles. The number of halogens is 1. The molecule has 4 nitrogen and oxygen atoms in total. The predicted octanol–water partition coefficient (Wildman–Crippen LogP) is 3.40. The molecule has 0 aromatic heterocycles. The predicted molar refractivity (Wildman–Crippen MR) is 88.8 cm³/mol. The lowest BCUT2D eigenvalue weighted by atomic mass is 10.00. The number of hydrogen-bond acceptors (Lipinski definition) is 3. The van der Waals surface area contributed by atoms with Crippen LogP contribution in [0.25, 0.3) is 0 Å². The second-order valence-electron chi connectivity index (χ2n) is 6.01. The second kappa shape index (κ2) is 6.07. The van der Waals surface area contributed by atoms with Crippen LogP contribution in [-0.2, 0) is 6.42 Å². The van der Waals surface area contributed by atoms with Gasteiger partial charge in [-0.05, 0) is 60.4 Å². The molecule has 0 fully saturated rings. The second-order valence-corrected chi connectivity index (χ2v) is 6.01. The fourth-order valence-corrected chi connectivity index (χ4v) is 3.12. The SMILES string of the molecule is O=C(c1cccc(F)c1)N1CCC(c2ccc3c(c2)CCCO3)=N1. The summed E-state index contributed by atoms with van der Waals surface area (Å²) in [7, 11) is 0. The number of benzene rings is 2. The average molecular weight is 324 g/mol. The van der Waals surface area contributed by atoms with Crippen LogP contribution in [0.3, 0.4) is 0 Å². The van der Waals surface area contributed by atoms with Crippen molar-refractivity contribution in [3.63, 3.8) is 0 Å². The lowest BCUT2D eigenvalue weighted by Crippen LogP contribution is -2.23. The van der Waals surface area contributed by atoms with Crippen LogP contribution in [0.15, 0.2) is 47.6 Å². The van der Waals surface area contributed by atoms with Crippen molar-refractivity contribution >= 4 is 11.6 Å². The first kappa shape index (κ1) is 14.9. The number of hydrogen-bond donors (Lipinski definition) is 0. The van der Waals surface area contributed by atoms with Crippen molar-refractivity contribution in [2.45, 2.75) is 19.3 Å². The van der Waals surface area contributed by atoms with Gasteiger partial charge >= 0.3 is 0 Å². The summed E-state index contributed by atoms with van der Waals surface area (Å²) in [5, 5.41) is 5.87. The largest absolute Gasteiger partial charge is 0.493 e. The maximum atomic E-state index is 13.3. The molecule has 0 radical (unpaired) electrons. The Balaban J connectivity index is 1.57. The number of ether oxygens (including phenoxy) is 1. The molecule has 2 aromatic carbocycles. The third-order valence-electron chi connectivity index (χ3n) is 4.35. The van der Waals surface area contributed by atoms with Crippen LogP contribution in [0.4, 0.5) is 4.39 Å².